The van der Waals surface area contributed by atoms with E-state index in [9.17, 15) is 9.59 Å². The van der Waals surface area contributed by atoms with Crippen molar-refractivity contribution in [2.45, 2.75) is 20.4 Å². The van der Waals surface area contributed by atoms with Crippen molar-refractivity contribution in [2.24, 2.45) is 5.92 Å². The molecule has 0 radical (unpaired) electrons. The summed E-state index contributed by atoms with van der Waals surface area (Å²) in [5.74, 6) is -1.12. The summed E-state index contributed by atoms with van der Waals surface area (Å²) in [5, 5.41) is 11.3. The van der Waals surface area contributed by atoms with E-state index >= 15 is 0 Å². The van der Waals surface area contributed by atoms with Crippen molar-refractivity contribution in [3.05, 3.63) is 23.5 Å². The van der Waals surface area contributed by atoms with Crippen LogP contribution in [0.25, 0.3) is 0 Å². The molecule has 1 aromatic heterocycles. The molecule has 0 aliphatic rings. The molecule has 3 N–H and O–H groups in total. The predicted molar refractivity (Wildman–Crippen MR) is 54.4 cm³/mol. The molecule has 1 amide bonds. The summed E-state index contributed by atoms with van der Waals surface area (Å²) in [6, 6.07) is 1.50. The Bertz CT molecular complexity index is 368. The van der Waals surface area contributed by atoms with Gasteiger partial charge in [-0.3, -0.25) is 4.79 Å². The van der Waals surface area contributed by atoms with Gasteiger partial charge in [0.2, 0.25) is 5.91 Å². The number of H-pyrrole nitrogens is 1. The Morgan fingerprint density at radius 3 is 2.67 bits per heavy atom. The fourth-order valence-corrected chi connectivity index (χ4v) is 1.06. The van der Waals surface area contributed by atoms with Gasteiger partial charge in [-0.25, -0.2) is 4.79 Å². The lowest BCUT2D eigenvalue weighted by atomic mass is 10.2. The van der Waals surface area contributed by atoms with E-state index in [1.165, 1.54) is 6.07 Å². The molecule has 0 aliphatic carbocycles. The molecule has 0 bridgehead atoms. The molecule has 0 aromatic carbocycles. The number of carbonyl (C=O) groups excluding carboxylic acids is 1. The van der Waals surface area contributed by atoms with Gasteiger partial charge in [-0.2, -0.15) is 0 Å². The number of hydrogen-bond donors (Lipinski definition) is 3. The highest BCUT2D eigenvalue weighted by molar-refractivity contribution is 5.85. The van der Waals surface area contributed by atoms with Gasteiger partial charge in [-0.05, 0) is 11.6 Å². The summed E-state index contributed by atoms with van der Waals surface area (Å²) >= 11 is 0. The minimum absolute atomic E-state index is 0.0481. The highest BCUT2D eigenvalue weighted by Crippen LogP contribution is 2.03. The molecule has 0 saturated heterocycles. The molecule has 15 heavy (non-hydrogen) atoms. The van der Waals surface area contributed by atoms with Crippen LogP contribution in [0.2, 0.25) is 0 Å². The number of nitrogens with one attached hydrogen (secondary N) is 2. The van der Waals surface area contributed by atoms with Crippen LogP contribution in [0, 0.1) is 5.92 Å². The second-order valence-corrected chi connectivity index (χ2v) is 3.60. The lowest BCUT2D eigenvalue weighted by Gasteiger charge is -2.05. The number of hydrogen-bond acceptors (Lipinski definition) is 2. The predicted octanol–water partition coefficient (Wildman–Crippen LogP) is 0.985. The summed E-state index contributed by atoms with van der Waals surface area (Å²) in [4.78, 5) is 24.4. The van der Waals surface area contributed by atoms with Crippen LogP contribution in [0.5, 0.6) is 0 Å². The molecule has 0 unspecified atom stereocenters. The van der Waals surface area contributed by atoms with E-state index in [1.807, 2.05) is 0 Å². The van der Waals surface area contributed by atoms with Crippen LogP contribution in [0.15, 0.2) is 12.3 Å². The van der Waals surface area contributed by atoms with Crippen molar-refractivity contribution < 1.29 is 14.7 Å². The van der Waals surface area contributed by atoms with Gasteiger partial charge in [0, 0.05) is 18.7 Å². The maximum Gasteiger partial charge on any atom is 0.352 e. The molecule has 5 nitrogen and oxygen atoms in total. The van der Waals surface area contributed by atoms with Crippen LogP contribution >= 0.6 is 0 Å². The van der Waals surface area contributed by atoms with Gasteiger partial charge in [0.25, 0.3) is 0 Å². The number of carboxylic acids is 1. The molecule has 0 atom stereocenters. The first-order chi connectivity index (χ1) is 7.00. The molecule has 5 heteroatoms. The van der Waals surface area contributed by atoms with Gasteiger partial charge < -0.3 is 15.4 Å². The van der Waals surface area contributed by atoms with Gasteiger partial charge in [0.05, 0.1) is 0 Å². The summed E-state index contributed by atoms with van der Waals surface area (Å²) in [6.45, 7) is 3.95. The number of aromatic amines is 1. The largest absolute Gasteiger partial charge is 0.477 e. The van der Waals surface area contributed by atoms with Crippen molar-refractivity contribution >= 4 is 11.9 Å². The molecule has 1 heterocycles. The van der Waals surface area contributed by atoms with E-state index in [1.54, 1.807) is 20.0 Å². The molecule has 82 valence electrons. The van der Waals surface area contributed by atoms with E-state index in [0.29, 0.717) is 6.54 Å². The molecule has 0 aliphatic heterocycles. The Hall–Kier alpha value is -1.78. The first kappa shape index (κ1) is 11.3. The Labute approximate surface area is 87.5 Å². The van der Waals surface area contributed by atoms with Gasteiger partial charge in [-0.15, -0.1) is 0 Å². The van der Waals surface area contributed by atoms with Crippen molar-refractivity contribution in [1.82, 2.24) is 10.3 Å². The SMILES string of the molecule is CC(C)C(=O)NCc1c[nH]c(C(=O)O)c1. The minimum Gasteiger partial charge on any atom is -0.477 e. The number of carbonyl (C=O) groups is 2. The number of amides is 1. The third-order valence-corrected chi connectivity index (χ3v) is 1.96. The first-order valence-corrected chi connectivity index (χ1v) is 4.69. The Morgan fingerprint density at radius 2 is 2.20 bits per heavy atom. The van der Waals surface area contributed by atoms with Crippen LogP contribution in [0.4, 0.5) is 0 Å². The smallest absolute Gasteiger partial charge is 0.352 e. The highest BCUT2D eigenvalue weighted by Gasteiger charge is 2.08. The summed E-state index contributed by atoms with van der Waals surface area (Å²) < 4.78 is 0. The Kier molecular flexibility index (Phi) is 3.49. The highest BCUT2D eigenvalue weighted by atomic mass is 16.4. The van der Waals surface area contributed by atoms with Gasteiger partial charge >= 0.3 is 5.97 Å². The van der Waals surface area contributed by atoms with Crippen LogP contribution in [-0.4, -0.2) is 22.0 Å². The number of aromatic carboxylic acids is 1. The van der Waals surface area contributed by atoms with E-state index in [0.717, 1.165) is 5.56 Å². The number of rotatable bonds is 4. The Balaban J connectivity index is 2.51. The molecule has 1 rings (SSSR count). The topological polar surface area (TPSA) is 82.2 Å². The van der Waals surface area contributed by atoms with Gasteiger partial charge in [0.1, 0.15) is 5.69 Å². The fraction of sp³-hybridized carbons (Fsp3) is 0.400. The maximum absolute atomic E-state index is 11.2. The minimum atomic E-state index is -1.00. The van der Waals surface area contributed by atoms with Crippen LogP contribution < -0.4 is 5.32 Å². The van der Waals surface area contributed by atoms with Crippen molar-refractivity contribution in [3.8, 4) is 0 Å². The first-order valence-electron chi connectivity index (χ1n) is 4.69. The molecule has 0 spiro atoms. The zero-order valence-corrected chi connectivity index (χ0v) is 8.70. The lowest BCUT2D eigenvalue weighted by molar-refractivity contribution is -0.124. The lowest BCUT2D eigenvalue weighted by Crippen LogP contribution is -2.26. The summed E-state index contributed by atoms with van der Waals surface area (Å²) in [7, 11) is 0. The quantitative estimate of drug-likeness (QED) is 0.693. The number of carboxylic acid groups (broad SMARTS) is 1. The number of aromatic nitrogens is 1. The van der Waals surface area contributed by atoms with Crippen molar-refractivity contribution in [2.75, 3.05) is 0 Å². The van der Waals surface area contributed by atoms with Crippen molar-refractivity contribution in [1.29, 1.82) is 0 Å². The van der Waals surface area contributed by atoms with E-state index in [-0.39, 0.29) is 17.5 Å². The molecule has 0 fully saturated rings. The monoisotopic (exact) mass is 210 g/mol. The van der Waals surface area contributed by atoms with Gasteiger partial charge in [0.15, 0.2) is 0 Å². The maximum atomic E-state index is 11.2. The van der Waals surface area contributed by atoms with Crippen LogP contribution in [0.1, 0.15) is 29.9 Å². The molecule has 1 aromatic rings. The van der Waals surface area contributed by atoms with E-state index < -0.39 is 5.97 Å². The summed E-state index contributed by atoms with van der Waals surface area (Å²) in [6.07, 6.45) is 1.57. The zero-order valence-electron chi connectivity index (χ0n) is 8.70. The third kappa shape index (κ3) is 3.12. The average Bonchev–Trinajstić information content (AvgIpc) is 2.62. The van der Waals surface area contributed by atoms with Crippen LogP contribution in [-0.2, 0) is 11.3 Å². The Morgan fingerprint density at radius 1 is 1.53 bits per heavy atom. The van der Waals surface area contributed by atoms with Crippen molar-refractivity contribution in [3.63, 3.8) is 0 Å². The fourth-order valence-electron chi connectivity index (χ4n) is 1.06. The second-order valence-electron chi connectivity index (χ2n) is 3.60. The average molecular weight is 210 g/mol. The summed E-state index contributed by atoms with van der Waals surface area (Å²) in [5.41, 5.74) is 0.880. The van der Waals surface area contributed by atoms with E-state index in [2.05, 4.69) is 10.3 Å². The normalized spacial score (nSPS) is 10.3. The third-order valence-electron chi connectivity index (χ3n) is 1.96. The molecule has 0 saturated carbocycles. The molecular weight excluding hydrogens is 196 g/mol. The second kappa shape index (κ2) is 4.63. The van der Waals surface area contributed by atoms with Crippen LogP contribution in [0.3, 0.4) is 0 Å². The molecular formula is C10H14N2O3. The van der Waals surface area contributed by atoms with E-state index in [4.69, 9.17) is 5.11 Å². The standard InChI is InChI=1S/C10H14N2O3/c1-6(2)9(13)12-5-7-3-8(10(14)15)11-4-7/h3-4,6,11H,5H2,1-2H3,(H,12,13)(H,14,15). The zero-order chi connectivity index (χ0) is 11.4. The van der Waals surface area contributed by atoms with Gasteiger partial charge in [-0.1, -0.05) is 13.8 Å².